The van der Waals surface area contributed by atoms with Gasteiger partial charge in [-0.2, -0.15) is 0 Å². The Labute approximate surface area is 130 Å². The molecule has 0 bridgehead atoms. The third-order valence-electron chi connectivity index (χ3n) is 3.90. The van der Waals surface area contributed by atoms with Gasteiger partial charge in [-0.3, -0.25) is 4.79 Å². The van der Waals surface area contributed by atoms with Gasteiger partial charge in [0.05, 0.1) is 18.3 Å². The zero-order valence-corrected chi connectivity index (χ0v) is 13.3. The minimum atomic E-state index is -0.391. The second-order valence-corrected chi connectivity index (χ2v) is 5.90. The van der Waals surface area contributed by atoms with Crippen LogP contribution in [0.2, 0.25) is 5.02 Å². The maximum Gasteiger partial charge on any atom is 0.257 e. The summed E-state index contributed by atoms with van der Waals surface area (Å²) >= 11 is 5.97. The van der Waals surface area contributed by atoms with Gasteiger partial charge in [0.15, 0.2) is 0 Å². The molecule has 1 N–H and O–H groups in total. The van der Waals surface area contributed by atoms with Crippen molar-refractivity contribution >= 4 is 17.5 Å². The number of aliphatic hydroxyl groups excluding tert-OH is 1. The van der Waals surface area contributed by atoms with Crippen molar-refractivity contribution in [2.45, 2.75) is 32.8 Å². The molecule has 1 aromatic rings. The monoisotopic (exact) mass is 311 g/mol. The van der Waals surface area contributed by atoms with Crippen molar-refractivity contribution in [2.75, 3.05) is 19.7 Å². The quantitative estimate of drug-likeness (QED) is 0.930. The molecule has 1 fully saturated rings. The summed E-state index contributed by atoms with van der Waals surface area (Å²) in [5, 5.41) is 10.3. The molecule has 1 aliphatic rings. The molecule has 0 aliphatic carbocycles. The summed E-state index contributed by atoms with van der Waals surface area (Å²) in [4.78, 5) is 14.5. The second kappa shape index (κ2) is 7.14. The summed E-state index contributed by atoms with van der Waals surface area (Å²) in [5.41, 5.74) is 0.535. The SMILES string of the molecule is CCOc1cc(Cl)ccc1C(=O)N1CCC[C@@H]([C@H](C)O)C1. The first-order valence-electron chi connectivity index (χ1n) is 7.42. The van der Waals surface area contributed by atoms with Gasteiger partial charge in [-0.25, -0.2) is 0 Å². The first-order chi connectivity index (χ1) is 10.0. The highest BCUT2D eigenvalue weighted by atomic mass is 35.5. The maximum atomic E-state index is 12.7. The van der Waals surface area contributed by atoms with E-state index < -0.39 is 6.10 Å². The van der Waals surface area contributed by atoms with Crippen molar-refractivity contribution in [3.8, 4) is 5.75 Å². The Kier molecular flexibility index (Phi) is 5.48. The molecule has 2 rings (SSSR count). The number of rotatable bonds is 4. The fourth-order valence-electron chi connectivity index (χ4n) is 2.71. The molecule has 1 aromatic carbocycles. The van der Waals surface area contributed by atoms with E-state index in [2.05, 4.69) is 0 Å². The third kappa shape index (κ3) is 3.89. The number of halogens is 1. The molecule has 5 heteroatoms. The van der Waals surface area contributed by atoms with Crippen LogP contribution in [0.1, 0.15) is 37.0 Å². The molecule has 0 unspecified atom stereocenters. The van der Waals surface area contributed by atoms with E-state index in [0.29, 0.717) is 29.5 Å². The minimum absolute atomic E-state index is 0.0551. The molecule has 0 radical (unpaired) electrons. The van der Waals surface area contributed by atoms with Crippen molar-refractivity contribution in [2.24, 2.45) is 5.92 Å². The number of carbonyl (C=O) groups excluding carboxylic acids is 1. The van der Waals surface area contributed by atoms with Crippen LogP contribution in [0.15, 0.2) is 18.2 Å². The standard InChI is InChI=1S/C16H22ClNO3/c1-3-21-15-9-13(17)6-7-14(15)16(20)18-8-4-5-12(10-18)11(2)19/h6-7,9,11-12,19H,3-5,8,10H2,1-2H3/t11-,12+/m0/s1. The molecule has 116 valence electrons. The number of hydrogen-bond donors (Lipinski definition) is 1. The van der Waals surface area contributed by atoms with E-state index in [-0.39, 0.29) is 11.8 Å². The zero-order valence-electron chi connectivity index (χ0n) is 12.5. The van der Waals surface area contributed by atoms with Gasteiger partial charge in [-0.15, -0.1) is 0 Å². The zero-order chi connectivity index (χ0) is 15.4. The Morgan fingerprint density at radius 2 is 2.33 bits per heavy atom. The van der Waals surface area contributed by atoms with Crippen LogP contribution in [-0.4, -0.2) is 41.7 Å². The Bertz CT molecular complexity index is 504. The molecule has 0 spiro atoms. The molecule has 1 amide bonds. The Balaban J connectivity index is 2.19. The van der Waals surface area contributed by atoms with Crippen molar-refractivity contribution in [3.05, 3.63) is 28.8 Å². The summed E-state index contributed by atoms with van der Waals surface area (Å²) in [7, 11) is 0. The number of piperidine rings is 1. The van der Waals surface area contributed by atoms with Crippen molar-refractivity contribution in [1.82, 2.24) is 4.90 Å². The van der Waals surface area contributed by atoms with E-state index in [0.717, 1.165) is 19.4 Å². The molecular weight excluding hydrogens is 290 g/mol. The Morgan fingerprint density at radius 3 is 3.00 bits per heavy atom. The second-order valence-electron chi connectivity index (χ2n) is 5.47. The summed E-state index contributed by atoms with van der Waals surface area (Å²) in [5.74, 6) is 0.611. The van der Waals surface area contributed by atoms with E-state index in [4.69, 9.17) is 16.3 Å². The van der Waals surface area contributed by atoms with Gasteiger partial charge in [0.2, 0.25) is 0 Å². The number of ether oxygens (including phenoxy) is 1. The predicted octanol–water partition coefficient (Wildman–Crippen LogP) is 2.97. The number of carbonyl (C=O) groups is 1. The Morgan fingerprint density at radius 1 is 1.57 bits per heavy atom. The number of nitrogens with zero attached hydrogens (tertiary/aromatic N) is 1. The van der Waals surface area contributed by atoms with Gasteiger partial charge >= 0.3 is 0 Å². The number of benzene rings is 1. The lowest BCUT2D eigenvalue weighted by Gasteiger charge is -2.34. The summed E-state index contributed by atoms with van der Waals surface area (Å²) in [6.07, 6.45) is 1.48. The predicted molar refractivity (Wildman–Crippen MR) is 82.9 cm³/mol. The lowest BCUT2D eigenvalue weighted by Crippen LogP contribution is -2.43. The van der Waals surface area contributed by atoms with Gasteiger partial charge < -0.3 is 14.7 Å². The maximum absolute atomic E-state index is 12.7. The highest BCUT2D eigenvalue weighted by Gasteiger charge is 2.28. The minimum Gasteiger partial charge on any atom is -0.493 e. The molecule has 0 saturated carbocycles. The van der Waals surface area contributed by atoms with E-state index in [1.54, 1.807) is 30.0 Å². The fraction of sp³-hybridized carbons (Fsp3) is 0.562. The highest BCUT2D eigenvalue weighted by Crippen LogP contribution is 2.27. The largest absolute Gasteiger partial charge is 0.493 e. The fourth-order valence-corrected chi connectivity index (χ4v) is 2.87. The third-order valence-corrected chi connectivity index (χ3v) is 4.14. The van der Waals surface area contributed by atoms with E-state index in [1.165, 1.54) is 0 Å². The van der Waals surface area contributed by atoms with Crippen LogP contribution in [0.25, 0.3) is 0 Å². The van der Waals surface area contributed by atoms with Gasteiger partial charge in [-0.05, 0) is 44.9 Å². The number of likely N-dealkylation sites (tertiary alicyclic amines) is 1. The van der Waals surface area contributed by atoms with E-state index in [1.807, 2.05) is 6.92 Å². The smallest absolute Gasteiger partial charge is 0.257 e. The number of amides is 1. The van der Waals surface area contributed by atoms with Gasteiger partial charge in [0, 0.05) is 24.0 Å². The topological polar surface area (TPSA) is 49.8 Å². The van der Waals surface area contributed by atoms with Gasteiger partial charge in [-0.1, -0.05) is 11.6 Å². The van der Waals surface area contributed by atoms with Crippen LogP contribution in [0.3, 0.4) is 0 Å². The highest BCUT2D eigenvalue weighted by molar-refractivity contribution is 6.30. The number of hydrogen-bond acceptors (Lipinski definition) is 3. The van der Waals surface area contributed by atoms with Crippen molar-refractivity contribution < 1.29 is 14.6 Å². The summed E-state index contributed by atoms with van der Waals surface area (Å²) in [6, 6.07) is 5.09. The number of aliphatic hydroxyl groups is 1. The molecule has 2 atom stereocenters. The van der Waals surface area contributed by atoms with E-state index >= 15 is 0 Å². The van der Waals surface area contributed by atoms with Crippen LogP contribution in [0.4, 0.5) is 0 Å². The molecule has 1 heterocycles. The van der Waals surface area contributed by atoms with Crippen LogP contribution < -0.4 is 4.74 Å². The van der Waals surface area contributed by atoms with Crippen molar-refractivity contribution in [3.63, 3.8) is 0 Å². The lowest BCUT2D eigenvalue weighted by molar-refractivity contribution is 0.0463. The Hall–Kier alpha value is -1.26. The normalized spacial score (nSPS) is 20.2. The molecule has 1 aliphatic heterocycles. The molecule has 4 nitrogen and oxygen atoms in total. The summed E-state index contributed by atoms with van der Waals surface area (Å²) in [6.45, 7) is 5.45. The van der Waals surface area contributed by atoms with Gasteiger partial charge in [0.25, 0.3) is 5.91 Å². The van der Waals surface area contributed by atoms with Crippen LogP contribution in [0.5, 0.6) is 5.75 Å². The van der Waals surface area contributed by atoms with E-state index in [9.17, 15) is 9.90 Å². The van der Waals surface area contributed by atoms with Crippen molar-refractivity contribution in [1.29, 1.82) is 0 Å². The van der Waals surface area contributed by atoms with Crippen LogP contribution in [-0.2, 0) is 0 Å². The molecule has 1 saturated heterocycles. The molecule has 21 heavy (non-hydrogen) atoms. The summed E-state index contributed by atoms with van der Waals surface area (Å²) < 4.78 is 5.52. The average Bonchev–Trinajstić information content (AvgIpc) is 2.47. The van der Waals surface area contributed by atoms with Crippen LogP contribution in [0, 0.1) is 5.92 Å². The first-order valence-corrected chi connectivity index (χ1v) is 7.80. The average molecular weight is 312 g/mol. The molecule has 0 aromatic heterocycles. The first kappa shape index (κ1) is 16.1. The van der Waals surface area contributed by atoms with Gasteiger partial charge in [0.1, 0.15) is 5.75 Å². The van der Waals surface area contributed by atoms with Crippen LogP contribution >= 0.6 is 11.6 Å². The molecular formula is C16H22ClNO3. The lowest BCUT2D eigenvalue weighted by atomic mass is 9.93.